The van der Waals surface area contributed by atoms with Crippen LogP contribution in [0.2, 0.25) is 0 Å². The maximum absolute atomic E-state index is 13.1. The monoisotopic (exact) mass is 398 g/mol. The lowest BCUT2D eigenvalue weighted by Gasteiger charge is -2.11. The van der Waals surface area contributed by atoms with Crippen molar-refractivity contribution in [3.8, 4) is 0 Å². The summed E-state index contributed by atoms with van der Waals surface area (Å²) in [7, 11) is 0. The molecule has 7 heteroatoms. The number of aliphatic hydroxyl groups excluding tert-OH is 1. The minimum absolute atomic E-state index is 0.0464. The second-order valence-electron chi connectivity index (χ2n) is 4.98. The van der Waals surface area contributed by atoms with E-state index in [0.717, 1.165) is 16.6 Å². The number of ketones is 1. The summed E-state index contributed by atoms with van der Waals surface area (Å²) in [4.78, 5) is 23.5. The van der Waals surface area contributed by atoms with E-state index in [-0.39, 0.29) is 5.56 Å². The highest BCUT2D eigenvalue weighted by Crippen LogP contribution is 2.19. The second kappa shape index (κ2) is 8.12. The average Bonchev–Trinajstić information content (AvgIpc) is 2.55. The van der Waals surface area contributed by atoms with E-state index in [0.29, 0.717) is 5.56 Å². The van der Waals surface area contributed by atoms with Crippen molar-refractivity contribution in [1.29, 1.82) is 0 Å². The third-order valence-electron chi connectivity index (χ3n) is 3.22. The zero-order valence-electron chi connectivity index (χ0n) is 12.3. The van der Waals surface area contributed by atoms with Crippen LogP contribution in [0.15, 0.2) is 46.9 Å². The van der Waals surface area contributed by atoms with E-state index in [1.54, 1.807) is 24.3 Å². The van der Waals surface area contributed by atoms with Crippen LogP contribution in [0, 0.1) is 11.6 Å². The summed E-state index contributed by atoms with van der Waals surface area (Å²) in [6, 6.07) is 9.36. The molecule has 0 radical (unpaired) electrons. The van der Waals surface area contributed by atoms with E-state index in [2.05, 4.69) is 15.9 Å². The molecule has 126 valence electrons. The molecule has 2 aromatic rings. The number of Topliss-reactive ketones (excluding diaryl/α,β-unsaturated/α-hetero) is 1. The fourth-order valence-electron chi connectivity index (χ4n) is 1.92. The van der Waals surface area contributed by atoms with E-state index in [4.69, 9.17) is 4.74 Å². The Hall–Kier alpha value is -2.12. The zero-order valence-corrected chi connectivity index (χ0v) is 13.9. The van der Waals surface area contributed by atoms with Crippen LogP contribution in [-0.2, 0) is 9.53 Å². The average molecular weight is 399 g/mol. The van der Waals surface area contributed by atoms with Gasteiger partial charge in [0.15, 0.2) is 24.0 Å². The van der Waals surface area contributed by atoms with Gasteiger partial charge < -0.3 is 9.84 Å². The molecule has 0 fully saturated rings. The first-order valence-electron chi connectivity index (χ1n) is 6.94. The zero-order chi connectivity index (χ0) is 17.7. The highest BCUT2D eigenvalue weighted by atomic mass is 79.9. The van der Waals surface area contributed by atoms with Crippen LogP contribution in [0.25, 0.3) is 0 Å². The smallest absolute Gasteiger partial charge is 0.309 e. The third kappa shape index (κ3) is 4.94. The number of carbonyl (C=O) groups is 2. The summed E-state index contributed by atoms with van der Waals surface area (Å²) in [5, 5.41) is 9.84. The Morgan fingerprint density at radius 1 is 1.08 bits per heavy atom. The Morgan fingerprint density at radius 2 is 1.75 bits per heavy atom. The first-order valence-corrected chi connectivity index (χ1v) is 7.73. The molecule has 1 N–H and O–H groups in total. The van der Waals surface area contributed by atoms with Gasteiger partial charge in [-0.15, -0.1) is 0 Å². The van der Waals surface area contributed by atoms with Crippen molar-refractivity contribution in [3.05, 3.63) is 69.7 Å². The summed E-state index contributed by atoms with van der Waals surface area (Å²) in [6.07, 6.45) is -1.83. The Kier molecular flexibility index (Phi) is 6.16. The Morgan fingerprint density at radius 3 is 2.38 bits per heavy atom. The minimum atomic E-state index is -1.35. The first kappa shape index (κ1) is 18.2. The van der Waals surface area contributed by atoms with E-state index in [9.17, 15) is 23.5 Å². The van der Waals surface area contributed by atoms with Crippen molar-refractivity contribution >= 4 is 27.7 Å². The number of halogens is 3. The normalized spacial score (nSPS) is 11.8. The number of aliphatic hydroxyl groups is 1. The molecule has 1 unspecified atom stereocenters. The Labute approximate surface area is 145 Å². The van der Waals surface area contributed by atoms with Crippen LogP contribution in [0.5, 0.6) is 0 Å². The number of hydrogen-bond acceptors (Lipinski definition) is 4. The van der Waals surface area contributed by atoms with Crippen molar-refractivity contribution in [2.45, 2.75) is 12.5 Å². The van der Waals surface area contributed by atoms with Crippen molar-refractivity contribution in [2.75, 3.05) is 6.61 Å². The lowest BCUT2D eigenvalue weighted by Crippen LogP contribution is -2.16. The molecule has 0 spiro atoms. The molecular weight excluding hydrogens is 386 g/mol. The lowest BCUT2D eigenvalue weighted by molar-refractivity contribution is -0.144. The Bertz CT molecular complexity index is 747. The number of esters is 1. The molecule has 2 rings (SSSR count). The van der Waals surface area contributed by atoms with E-state index in [1.807, 2.05) is 0 Å². The van der Waals surface area contributed by atoms with Crippen LogP contribution in [0.4, 0.5) is 8.78 Å². The maximum atomic E-state index is 13.1. The van der Waals surface area contributed by atoms with Gasteiger partial charge in [0, 0.05) is 10.0 Å². The standard InChI is InChI=1S/C17H13BrF2O4/c18-12-4-1-10(2-5-12)16(22)9-24-17(23)8-15(21)11-3-6-13(19)14(20)7-11/h1-7,15,21H,8-9H2. The van der Waals surface area contributed by atoms with Gasteiger partial charge in [0.1, 0.15) is 0 Å². The van der Waals surface area contributed by atoms with Crippen LogP contribution < -0.4 is 0 Å². The molecule has 24 heavy (non-hydrogen) atoms. The maximum Gasteiger partial charge on any atom is 0.309 e. The van der Waals surface area contributed by atoms with E-state index >= 15 is 0 Å². The van der Waals surface area contributed by atoms with Gasteiger partial charge in [-0.25, -0.2) is 8.78 Å². The topological polar surface area (TPSA) is 63.6 Å². The molecule has 2 aromatic carbocycles. The molecule has 0 aliphatic rings. The van der Waals surface area contributed by atoms with Crippen LogP contribution >= 0.6 is 15.9 Å². The predicted octanol–water partition coefficient (Wildman–Crippen LogP) is 3.58. The van der Waals surface area contributed by atoms with Gasteiger partial charge in [0.25, 0.3) is 0 Å². The molecule has 0 amide bonds. The summed E-state index contributed by atoms with van der Waals surface area (Å²) in [5.41, 5.74) is 0.428. The van der Waals surface area contributed by atoms with E-state index < -0.39 is 42.5 Å². The van der Waals surface area contributed by atoms with Crippen molar-refractivity contribution in [1.82, 2.24) is 0 Å². The van der Waals surface area contributed by atoms with Crippen LogP contribution in [0.1, 0.15) is 28.4 Å². The summed E-state index contributed by atoms with van der Waals surface area (Å²) >= 11 is 3.24. The molecule has 0 saturated carbocycles. The largest absolute Gasteiger partial charge is 0.457 e. The van der Waals surface area contributed by atoms with Crippen LogP contribution in [-0.4, -0.2) is 23.5 Å². The molecule has 1 atom stereocenters. The number of ether oxygens (including phenoxy) is 1. The van der Waals surface area contributed by atoms with Crippen molar-refractivity contribution in [3.63, 3.8) is 0 Å². The first-order chi connectivity index (χ1) is 11.4. The fraction of sp³-hybridized carbons (Fsp3) is 0.176. The Balaban J connectivity index is 1.87. The molecule has 0 saturated heterocycles. The van der Waals surface area contributed by atoms with Gasteiger partial charge in [-0.2, -0.15) is 0 Å². The van der Waals surface area contributed by atoms with Crippen molar-refractivity contribution in [2.24, 2.45) is 0 Å². The number of hydrogen-bond donors (Lipinski definition) is 1. The molecular formula is C17H13BrF2O4. The third-order valence-corrected chi connectivity index (χ3v) is 3.75. The SMILES string of the molecule is O=C(CC(O)c1ccc(F)c(F)c1)OCC(=O)c1ccc(Br)cc1. The second-order valence-corrected chi connectivity index (χ2v) is 5.90. The lowest BCUT2D eigenvalue weighted by atomic mass is 10.1. The van der Waals surface area contributed by atoms with E-state index in [1.165, 1.54) is 6.07 Å². The predicted molar refractivity (Wildman–Crippen MR) is 85.4 cm³/mol. The summed E-state index contributed by atoms with van der Waals surface area (Å²) in [5.74, 6) is -3.38. The molecule has 0 heterocycles. The highest BCUT2D eigenvalue weighted by molar-refractivity contribution is 9.10. The van der Waals surface area contributed by atoms with Gasteiger partial charge in [-0.1, -0.05) is 34.1 Å². The van der Waals surface area contributed by atoms with Crippen molar-refractivity contribution < 1.29 is 28.2 Å². The summed E-state index contributed by atoms with van der Waals surface area (Å²) in [6.45, 7) is -0.467. The van der Waals surface area contributed by atoms with Gasteiger partial charge in [0.05, 0.1) is 12.5 Å². The molecule has 0 aromatic heterocycles. The number of carbonyl (C=O) groups excluding carboxylic acids is 2. The molecule has 0 aliphatic carbocycles. The molecule has 0 bridgehead atoms. The fourth-order valence-corrected chi connectivity index (χ4v) is 2.18. The minimum Gasteiger partial charge on any atom is -0.457 e. The molecule has 0 aliphatic heterocycles. The van der Waals surface area contributed by atoms with Gasteiger partial charge in [-0.3, -0.25) is 9.59 Å². The number of benzene rings is 2. The van der Waals surface area contributed by atoms with Gasteiger partial charge >= 0.3 is 5.97 Å². The quantitative estimate of drug-likeness (QED) is 0.596. The number of rotatable bonds is 6. The van der Waals surface area contributed by atoms with Gasteiger partial charge in [-0.05, 0) is 29.8 Å². The van der Waals surface area contributed by atoms with Crippen LogP contribution in [0.3, 0.4) is 0 Å². The molecule has 4 nitrogen and oxygen atoms in total. The van der Waals surface area contributed by atoms with Gasteiger partial charge in [0.2, 0.25) is 0 Å². The highest BCUT2D eigenvalue weighted by Gasteiger charge is 2.17. The summed E-state index contributed by atoms with van der Waals surface area (Å²) < 4.78 is 31.5.